The maximum absolute atomic E-state index is 5.89. The first-order valence-corrected chi connectivity index (χ1v) is 7.45. The zero-order valence-electron chi connectivity index (χ0n) is 12.3. The van der Waals surface area contributed by atoms with Gasteiger partial charge in [0.1, 0.15) is 5.82 Å². The summed E-state index contributed by atoms with van der Waals surface area (Å²) in [5.41, 5.74) is 8.74. The van der Waals surface area contributed by atoms with Gasteiger partial charge in [-0.2, -0.15) is 5.10 Å². The van der Waals surface area contributed by atoms with Gasteiger partial charge in [-0.1, -0.05) is 0 Å². The van der Waals surface area contributed by atoms with Gasteiger partial charge in [0.15, 0.2) is 0 Å². The standard InChI is InChI=1S/C14H17N5OS.ClH/c1-8(20-2)7-16-10-6-13(15)18-11-5-12(21-14(10)11)9-3-4-17-19-9;/h3-6,8H,7H2,1-2H3,(H,17,19)(H3,15,16,18);1H. The molecule has 1 unspecified atom stereocenters. The van der Waals surface area contributed by atoms with Crippen LogP contribution in [0.25, 0.3) is 20.8 Å². The van der Waals surface area contributed by atoms with Crippen LogP contribution in [-0.4, -0.2) is 34.9 Å². The van der Waals surface area contributed by atoms with Crippen LogP contribution in [0.1, 0.15) is 6.92 Å². The number of thiophene rings is 1. The molecule has 118 valence electrons. The summed E-state index contributed by atoms with van der Waals surface area (Å²) in [6.45, 7) is 2.73. The summed E-state index contributed by atoms with van der Waals surface area (Å²) in [4.78, 5) is 5.48. The molecule has 0 radical (unpaired) electrons. The maximum Gasteiger partial charge on any atom is 0.126 e. The monoisotopic (exact) mass is 339 g/mol. The number of nitrogens with one attached hydrogen (secondary N) is 2. The number of ether oxygens (including phenoxy) is 1. The molecular weight excluding hydrogens is 322 g/mol. The first-order chi connectivity index (χ1) is 10.2. The molecule has 3 rings (SSSR count). The molecule has 3 aromatic heterocycles. The van der Waals surface area contributed by atoms with Gasteiger partial charge in [0, 0.05) is 25.9 Å². The van der Waals surface area contributed by atoms with E-state index >= 15 is 0 Å². The first kappa shape index (κ1) is 16.5. The van der Waals surface area contributed by atoms with Gasteiger partial charge < -0.3 is 15.8 Å². The summed E-state index contributed by atoms with van der Waals surface area (Å²) in [5.74, 6) is 0.504. The van der Waals surface area contributed by atoms with E-state index in [4.69, 9.17) is 10.5 Å². The normalized spacial score (nSPS) is 12.1. The number of anilines is 2. The largest absolute Gasteiger partial charge is 0.384 e. The lowest BCUT2D eigenvalue weighted by molar-refractivity contribution is 0.129. The molecule has 8 heteroatoms. The Morgan fingerprint density at radius 3 is 2.95 bits per heavy atom. The Bertz CT molecular complexity index is 743. The second kappa shape index (κ2) is 6.95. The van der Waals surface area contributed by atoms with Crippen LogP contribution < -0.4 is 11.1 Å². The highest BCUT2D eigenvalue weighted by Crippen LogP contribution is 2.36. The van der Waals surface area contributed by atoms with E-state index in [1.807, 2.05) is 25.1 Å². The minimum atomic E-state index is 0. The second-order valence-corrected chi connectivity index (χ2v) is 5.87. The van der Waals surface area contributed by atoms with E-state index in [0.717, 1.165) is 26.5 Å². The maximum atomic E-state index is 5.89. The Morgan fingerprint density at radius 1 is 1.45 bits per heavy atom. The number of hydrogen-bond acceptors (Lipinski definition) is 6. The Morgan fingerprint density at radius 2 is 2.27 bits per heavy atom. The molecule has 3 heterocycles. The molecule has 0 aromatic carbocycles. The topological polar surface area (TPSA) is 88.8 Å². The van der Waals surface area contributed by atoms with Gasteiger partial charge in [-0.25, -0.2) is 4.98 Å². The molecule has 22 heavy (non-hydrogen) atoms. The molecule has 0 aliphatic carbocycles. The molecule has 1 atom stereocenters. The molecule has 0 aliphatic heterocycles. The molecule has 3 aromatic rings. The van der Waals surface area contributed by atoms with Crippen molar-refractivity contribution in [1.82, 2.24) is 15.2 Å². The van der Waals surface area contributed by atoms with E-state index in [9.17, 15) is 0 Å². The van der Waals surface area contributed by atoms with Gasteiger partial charge in [0.25, 0.3) is 0 Å². The molecule has 6 nitrogen and oxygen atoms in total. The van der Waals surface area contributed by atoms with Crippen molar-refractivity contribution in [3.05, 3.63) is 24.4 Å². The summed E-state index contributed by atoms with van der Waals surface area (Å²) in [6.07, 6.45) is 1.86. The fraction of sp³-hybridized carbons (Fsp3) is 0.286. The van der Waals surface area contributed by atoms with Gasteiger partial charge in [0.05, 0.1) is 32.6 Å². The van der Waals surface area contributed by atoms with Crippen LogP contribution in [0.15, 0.2) is 24.4 Å². The van der Waals surface area contributed by atoms with Crippen molar-refractivity contribution in [3.8, 4) is 10.6 Å². The van der Waals surface area contributed by atoms with Crippen molar-refractivity contribution in [2.75, 3.05) is 24.7 Å². The number of nitrogen functional groups attached to an aromatic ring is 1. The lowest BCUT2D eigenvalue weighted by atomic mass is 10.3. The van der Waals surface area contributed by atoms with Crippen molar-refractivity contribution in [1.29, 1.82) is 0 Å². The average molecular weight is 340 g/mol. The van der Waals surface area contributed by atoms with Gasteiger partial charge in [0.2, 0.25) is 0 Å². The summed E-state index contributed by atoms with van der Waals surface area (Å²) < 4.78 is 6.34. The average Bonchev–Trinajstić information content (AvgIpc) is 3.12. The Labute approximate surface area is 138 Å². The highest BCUT2D eigenvalue weighted by molar-refractivity contribution is 7.22. The number of nitrogens with zero attached hydrogens (tertiary/aromatic N) is 2. The van der Waals surface area contributed by atoms with Gasteiger partial charge in [-0.3, -0.25) is 5.10 Å². The molecule has 0 saturated heterocycles. The number of pyridine rings is 1. The fourth-order valence-electron chi connectivity index (χ4n) is 2.04. The highest BCUT2D eigenvalue weighted by atomic mass is 35.5. The molecule has 4 N–H and O–H groups in total. The summed E-state index contributed by atoms with van der Waals surface area (Å²) in [6, 6.07) is 5.82. The van der Waals surface area contributed by atoms with Crippen LogP contribution in [0.3, 0.4) is 0 Å². The van der Waals surface area contributed by atoms with E-state index in [0.29, 0.717) is 12.4 Å². The van der Waals surface area contributed by atoms with E-state index in [-0.39, 0.29) is 18.5 Å². The Balaban J connectivity index is 0.00000176. The molecular formula is C14H18ClN5OS. The number of halogens is 1. The van der Waals surface area contributed by atoms with Crippen LogP contribution in [-0.2, 0) is 4.74 Å². The quantitative estimate of drug-likeness (QED) is 0.664. The molecule has 0 fully saturated rings. The molecule has 0 spiro atoms. The van der Waals surface area contributed by atoms with Crippen molar-refractivity contribution in [3.63, 3.8) is 0 Å². The van der Waals surface area contributed by atoms with Gasteiger partial charge >= 0.3 is 0 Å². The summed E-state index contributed by atoms with van der Waals surface area (Å²) in [7, 11) is 1.70. The lowest BCUT2D eigenvalue weighted by Gasteiger charge is -2.12. The minimum absolute atomic E-state index is 0. The molecule has 0 amide bonds. The zero-order valence-corrected chi connectivity index (χ0v) is 13.9. The van der Waals surface area contributed by atoms with Crippen molar-refractivity contribution >= 4 is 45.5 Å². The molecule has 0 saturated carbocycles. The van der Waals surface area contributed by atoms with E-state index in [2.05, 4.69) is 20.5 Å². The number of hydrogen-bond donors (Lipinski definition) is 3. The Kier molecular flexibility index (Phi) is 5.23. The summed E-state index contributed by atoms with van der Waals surface area (Å²) in [5, 5.41) is 10.3. The third kappa shape index (κ3) is 3.32. The lowest BCUT2D eigenvalue weighted by Crippen LogP contribution is -2.18. The molecule has 0 bridgehead atoms. The number of aromatic nitrogens is 3. The van der Waals surface area contributed by atoms with Crippen molar-refractivity contribution in [2.24, 2.45) is 0 Å². The number of aromatic amines is 1. The predicted octanol–water partition coefficient (Wildman–Crippen LogP) is 3.14. The fourth-order valence-corrected chi connectivity index (χ4v) is 3.10. The highest BCUT2D eigenvalue weighted by Gasteiger charge is 2.12. The third-order valence-corrected chi connectivity index (χ3v) is 4.44. The van der Waals surface area contributed by atoms with Crippen LogP contribution in [0.4, 0.5) is 11.5 Å². The van der Waals surface area contributed by atoms with E-state index in [1.54, 1.807) is 24.6 Å². The molecule has 0 aliphatic rings. The number of fused-ring (bicyclic) bond motifs is 1. The number of nitrogens with two attached hydrogens (primary N) is 1. The van der Waals surface area contributed by atoms with E-state index in [1.165, 1.54) is 0 Å². The second-order valence-electron chi connectivity index (χ2n) is 4.82. The zero-order chi connectivity index (χ0) is 14.8. The Hall–Kier alpha value is -1.83. The smallest absolute Gasteiger partial charge is 0.126 e. The van der Waals surface area contributed by atoms with E-state index < -0.39 is 0 Å². The predicted molar refractivity (Wildman–Crippen MR) is 93.8 cm³/mol. The third-order valence-electron chi connectivity index (χ3n) is 3.25. The van der Waals surface area contributed by atoms with Crippen LogP contribution >= 0.6 is 23.7 Å². The summed E-state index contributed by atoms with van der Waals surface area (Å²) >= 11 is 1.66. The number of rotatable bonds is 5. The van der Waals surface area contributed by atoms with Crippen LogP contribution in [0.5, 0.6) is 0 Å². The van der Waals surface area contributed by atoms with Gasteiger partial charge in [-0.05, 0) is 19.1 Å². The number of H-pyrrole nitrogens is 1. The SMILES string of the molecule is COC(C)CNc1cc(N)nc2cc(-c3ccn[nH]3)sc12.Cl. The van der Waals surface area contributed by atoms with Crippen molar-refractivity contribution in [2.45, 2.75) is 13.0 Å². The first-order valence-electron chi connectivity index (χ1n) is 6.64. The van der Waals surface area contributed by atoms with Gasteiger partial charge in [-0.15, -0.1) is 23.7 Å². The number of methoxy groups -OCH3 is 1. The van der Waals surface area contributed by atoms with Crippen LogP contribution in [0.2, 0.25) is 0 Å². The van der Waals surface area contributed by atoms with Crippen molar-refractivity contribution < 1.29 is 4.74 Å². The van der Waals surface area contributed by atoms with Crippen LogP contribution in [0, 0.1) is 0 Å². The minimum Gasteiger partial charge on any atom is -0.384 e.